The van der Waals surface area contributed by atoms with Crippen LogP contribution in [0.2, 0.25) is 0 Å². The number of amidine groups is 1. The van der Waals surface area contributed by atoms with Crippen LogP contribution in [0.5, 0.6) is 11.5 Å². The van der Waals surface area contributed by atoms with Crippen LogP contribution in [0.1, 0.15) is 43.5 Å². The number of rotatable bonds is 11. The van der Waals surface area contributed by atoms with Crippen LogP contribution in [0.4, 0.5) is 5.69 Å². The lowest BCUT2D eigenvalue weighted by atomic mass is 9.99. The highest BCUT2D eigenvalue weighted by molar-refractivity contribution is 5.95. The Morgan fingerprint density at radius 1 is 1.12 bits per heavy atom. The Kier molecular flexibility index (Phi) is 9.03. The van der Waals surface area contributed by atoms with Crippen molar-refractivity contribution < 1.29 is 28.9 Å². The molecule has 0 bridgehead atoms. The van der Waals surface area contributed by atoms with E-state index in [9.17, 15) is 14.7 Å². The zero-order valence-corrected chi connectivity index (χ0v) is 18.4. The van der Waals surface area contributed by atoms with Crippen molar-refractivity contribution in [2.75, 3.05) is 25.1 Å². The molecule has 0 spiro atoms. The van der Waals surface area contributed by atoms with E-state index >= 15 is 0 Å². The molecule has 5 N–H and O–H groups in total. The van der Waals surface area contributed by atoms with Gasteiger partial charge in [-0.3, -0.25) is 10.2 Å². The molecule has 0 aliphatic carbocycles. The van der Waals surface area contributed by atoms with Gasteiger partial charge in [0, 0.05) is 29.8 Å². The van der Waals surface area contributed by atoms with Crippen LogP contribution in [-0.2, 0) is 20.7 Å². The topological polar surface area (TPSA) is 144 Å². The van der Waals surface area contributed by atoms with Gasteiger partial charge in [0.15, 0.2) is 6.04 Å². The molecule has 0 saturated heterocycles. The number of aliphatic hydroxyl groups is 1. The number of hydrogen-bond donors (Lipinski definition) is 4. The summed E-state index contributed by atoms with van der Waals surface area (Å²) in [5, 5.41) is 19.8. The van der Waals surface area contributed by atoms with E-state index in [1.165, 1.54) is 0 Å². The second-order valence-corrected chi connectivity index (χ2v) is 6.84. The van der Waals surface area contributed by atoms with Crippen molar-refractivity contribution >= 4 is 23.5 Å². The van der Waals surface area contributed by atoms with Crippen molar-refractivity contribution in [3.8, 4) is 11.5 Å². The number of ether oxygens (including phenoxy) is 3. The second kappa shape index (κ2) is 11.7. The first-order chi connectivity index (χ1) is 15.3. The zero-order chi connectivity index (χ0) is 23.7. The standard InChI is InChI=1S/C23H29N3O6/c1-4-15-12-18(20(31-11-10-27)13-19(15)30-5-2)21(23(29)32-14(3)28)26-17-8-6-16(7-9-17)22(24)25/h6-9,12-13,21,26-27H,4-5,10-11H2,1-3H3,(H3,24,25). The fourth-order valence-corrected chi connectivity index (χ4v) is 3.07. The number of benzene rings is 2. The summed E-state index contributed by atoms with van der Waals surface area (Å²) >= 11 is 0. The molecular formula is C23H29N3O6. The molecule has 0 saturated carbocycles. The maximum Gasteiger partial charge on any atom is 0.341 e. The average Bonchev–Trinajstić information content (AvgIpc) is 2.76. The van der Waals surface area contributed by atoms with E-state index in [4.69, 9.17) is 25.4 Å². The van der Waals surface area contributed by atoms with Crippen molar-refractivity contribution in [1.82, 2.24) is 0 Å². The Balaban J connectivity index is 2.55. The predicted molar refractivity (Wildman–Crippen MR) is 120 cm³/mol. The van der Waals surface area contributed by atoms with Gasteiger partial charge in [-0.05, 0) is 49.2 Å². The van der Waals surface area contributed by atoms with Crippen LogP contribution in [0.25, 0.3) is 0 Å². The number of aliphatic hydroxyl groups excluding tert-OH is 1. The van der Waals surface area contributed by atoms with Crippen LogP contribution >= 0.6 is 0 Å². The Labute approximate surface area is 187 Å². The molecule has 0 aliphatic heterocycles. The Morgan fingerprint density at radius 2 is 1.81 bits per heavy atom. The third-order valence-electron chi connectivity index (χ3n) is 4.52. The molecule has 0 radical (unpaired) electrons. The number of nitrogens with two attached hydrogens (primary N) is 1. The molecular weight excluding hydrogens is 414 g/mol. The maximum absolute atomic E-state index is 12.9. The van der Waals surface area contributed by atoms with Gasteiger partial charge in [-0.2, -0.15) is 0 Å². The monoisotopic (exact) mass is 443 g/mol. The number of anilines is 1. The fraction of sp³-hybridized carbons (Fsp3) is 0.348. The lowest BCUT2D eigenvalue weighted by Gasteiger charge is -2.23. The fourth-order valence-electron chi connectivity index (χ4n) is 3.07. The minimum Gasteiger partial charge on any atom is -0.493 e. The quantitative estimate of drug-likeness (QED) is 0.179. The van der Waals surface area contributed by atoms with Crippen molar-refractivity contribution in [2.45, 2.75) is 33.2 Å². The molecule has 1 atom stereocenters. The molecule has 32 heavy (non-hydrogen) atoms. The average molecular weight is 444 g/mol. The molecule has 0 fully saturated rings. The summed E-state index contributed by atoms with van der Waals surface area (Å²) in [5.41, 5.74) is 7.84. The van der Waals surface area contributed by atoms with Gasteiger partial charge >= 0.3 is 11.9 Å². The summed E-state index contributed by atoms with van der Waals surface area (Å²) < 4.78 is 16.3. The number of nitrogens with one attached hydrogen (secondary N) is 2. The third-order valence-corrected chi connectivity index (χ3v) is 4.52. The van der Waals surface area contributed by atoms with E-state index in [-0.39, 0.29) is 19.0 Å². The lowest BCUT2D eigenvalue weighted by Crippen LogP contribution is -2.26. The van der Waals surface area contributed by atoms with Gasteiger partial charge in [-0.1, -0.05) is 6.92 Å². The molecule has 2 aromatic rings. The van der Waals surface area contributed by atoms with E-state index < -0.39 is 18.0 Å². The molecule has 2 rings (SSSR count). The molecule has 0 aromatic heterocycles. The van der Waals surface area contributed by atoms with Gasteiger partial charge in [0.1, 0.15) is 23.9 Å². The van der Waals surface area contributed by atoms with Crippen LogP contribution in [-0.4, -0.2) is 42.7 Å². The maximum atomic E-state index is 12.9. The first-order valence-corrected chi connectivity index (χ1v) is 10.3. The van der Waals surface area contributed by atoms with Crippen LogP contribution in [0.15, 0.2) is 36.4 Å². The number of nitrogen functional groups attached to an aromatic ring is 1. The summed E-state index contributed by atoms with van der Waals surface area (Å²) in [7, 11) is 0. The van der Waals surface area contributed by atoms with Crippen molar-refractivity contribution in [3.63, 3.8) is 0 Å². The second-order valence-electron chi connectivity index (χ2n) is 6.84. The molecule has 0 aliphatic rings. The van der Waals surface area contributed by atoms with Gasteiger partial charge in [0.2, 0.25) is 0 Å². The normalized spacial score (nSPS) is 11.4. The smallest absolute Gasteiger partial charge is 0.341 e. The first-order valence-electron chi connectivity index (χ1n) is 10.3. The zero-order valence-electron chi connectivity index (χ0n) is 18.4. The lowest BCUT2D eigenvalue weighted by molar-refractivity contribution is -0.158. The molecule has 9 heteroatoms. The van der Waals surface area contributed by atoms with Crippen LogP contribution in [0.3, 0.4) is 0 Å². The SMILES string of the molecule is CCOc1cc(OCCO)c(C(Nc2ccc(C(=N)N)cc2)C(=O)OC(C)=O)cc1CC. The number of aryl methyl sites for hydroxylation is 1. The van der Waals surface area contributed by atoms with Gasteiger partial charge < -0.3 is 30.4 Å². The van der Waals surface area contributed by atoms with Crippen molar-refractivity contribution in [2.24, 2.45) is 5.73 Å². The van der Waals surface area contributed by atoms with Gasteiger partial charge in [-0.15, -0.1) is 0 Å². The van der Waals surface area contributed by atoms with Gasteiger partial charge in [0.05, 0.1) is 13.2 Å². The van der Waals surface area contributed by atoms with E-state index in [1.54, 1.807) is 36.4 Å². The van der Waals surface area contributed by atoms with Crippen LogP contribution < -0.4 is 20.5 Å². The van der Waals surface area contributed by atoms with Gasteiger partial charge in [-0.25, -0.2) is 4.79 Å². The van der Waals surface area contributed by atoms with E-state index in [0.717, 1.165) is 12.5 Å². The Hall–Kier alpha value is -3.59. The summed E-state index contributed by atoms with van der Waals surface area (Å²) in [6, 6.07) is 8.94. The predicted octanol–water partition coefficient (Wildman–Crippen LogP) is 2.55. The number of esters is 2. The molecule has 2 aromatic carbocycles. The minimum atomic E-state index is -1.09. The molecule has 0 amide bonds. The third kappa shape index (κ3) is 6.45. The number of hydrogen-bond acceptors (Lipinski definition) is 8. The molecule has 172 valence electrons. The molecule has 1 unspecified atom stereocenters. The Bertz CT molecular complexity index is 959. The van der Waals surface area contributed by atoms with Crippen molar-refractivity contribution in [1.29, 1.82) is 5.41 Å². The largest absolute Gasteiger partial charge is 0.493 e. The summed E-state index contributed by atoms with van der Waals surface area (Å²) in [5.74, 6) is -0.710. The van der Waals surface area contributed by atoms with E-state index in [0.29, 0.717) is 41.3 Å². The Morgan fingerprint density at radius 3 is 2.34 bits per heavy atom. The summed E-state index contributed by atoms with van der Waals surface area (Å²) in [4.78, 5) is 24.4. The highest BCUT2D eigenvalue weighted by atomic mass is 16.6. The highest BCUT2D eigenvalue weighted by Crippen LogP contribution is 2.36. The number of carbonyl (C=O) groups is 2. The van der Waals surface area contributed by atoms with Crippen molar-refractivity contribution in [3.05, 3.63) is 53.1 Å². The summed E-state index contributed by atoms with van der Waals surface area (Å²) in [6.07, 6.45) is 0.629. The molecule has 9 nitrogen and oxygen atoms in total. The molecule has 0 heterocycles. The number of carbonyl (C=O) groups excluding carboxylic acids is 2. The van der Waals surface area contributed by atoms with E-state index in [1.807, 2.05) is 13.8 Å². The van der Waals surface area contributed by atoms with Crippen LogP contribution in [0, 0.1) is 5.41 Å². The summed E-state index contributed by atoms with van der Waals surface area (Å²) in [6.45, 7) is 5.19. The van der Waals surface area contributed by atoms with E-state index in [2.05, 4.69) is 5.32 Å². The first kappa shape index (κ1) is 24.7. The highest BCUT2D eigenvalue weighted by Gasteiger charge is 2.28. The minimum absolute atomic E-state index is 0.00577. The van der Waals surface area contributed by atoms with Gasteiger partial charge in [0.25, 0.3) is 0 Å².